The molecule has 1 fully saturated rings. The van der Waals surface area contributed by atoms with E-state index in [2.05, 4.69) is 12.2 Å². The van der Waals surface area contributed by atoms with Gasteiger partial charge in [0.25, 0.3) is 0 Å². The quantitative estimate of drug-likeness (QED) is 0.0912. The van der Waals surface area contributed by atoms with Gasteiger partial charge in [0, 0.05) is 32.5 Å². The molecular formula is C37H63N4O6+. The standard InChI is InChI=1S/C37H62N4O6/c1-5-7-8-9-10-11-12-13-14-15-16-17-18-19-20-22-25-38-36(44)46-29-34-27-35(41(34)32(4)43)30-47-37(45)40(31(3)42)28-33-24-21-23-26-39(33)6-2/h21,23-24,26,34-35H,5-20,22,25,27-30H2,1-4H3/p+1/t34-,35-/m1/s1. The number of aromatic nitrogens is 1. The van der Waals surface area contributed by atoms with Crippen LogP contribution in [0.5, 0.6) is 0 Å². The summed E-state index contributed by atoms with van der Waals surface area (Å²) in [6.45, 7) is 8.44. The highest BCUT2D eigenvalue weighted by atomic mass is 16.6. The van der Waals surface area contributed by atoms with E-state index < -0.39 is 18.1 Å². The van der Waals surface area contributed by atoms with Crippen LogP contribution in [0, 0.1) is 0 Å². The van der Waals surface area contributed by atoms with Gasteiger partial charge in [-0.2, -0.15) is 0 Å². The minimum atomic E-state index is -0.749. The first-order valence-corrected chi connectivity index (χ1v) is 18.4. The number of nitrogens with zero attached hydrogens (tertiary/aromatic N) is 3. The maximum Gasteiger partial charge on any atom is 0.417 e. The lowest BCUT2D eigenvalue weighted by atomic mass is 9.94. The Labute approximate surface area is 283 Å². The molecule has 0 aliphatic carbocycles. The summed E-state index contributed by atoms with van der Waals surface area (Å²) >= 11 is 0. The van der Waals surface area contributed by atoms with Gasteiger partial charge in [-0.05, 0) is 19.8 Å². The highest BCUT2D eigenvalue weighted by Crippen LogP contribution is 2.27. The summed E-state index contributed by atoms with van der Waals surface area (Å²) in [5.41, 5.74) is 0.807. The molecule has 1 N–H and O–H groups in total. The van der Waals surface area contributed by atoms with Gasteiger partial charge in [0.1, 0.15) is 26.3 Å². The number of aryl methyl sites for hydroxylation is 1. The molecule has 1 aliphatic rings. The van der Waals surface area contributed by atoms with Crippen LogP contribution in [-0.2, 0) is 32.2 Å². The predicted octanol–water partition coefficient (Wildman–Crippen LogP) is 7.46. The second-order valence-electron chi connectivity index (χ2n) is 13.0. The summed E-state index contributed by atoms with van der Waals surface area (Å²) in [4.78, 5) is 52.2. The zero-order valence-corrected chi connectivity index (χ0v) is 29.8. The summed E-state index contributed by atoms with van der Waals surface area (Å²) in [7, 11) is 0. The van der Waals surface area contributed by atoms with Crippen molar-refractivity contribution in [2.24, 2.45) is 0 Å². The molecule has 4 amide bonds. The lowest BCUT2D eigenvalue weighted by Gasteiger charge is -2.47. The number of imide groups is 1. The van der Waals surface area contributed by atoms with Crippen LogP contribution < -0.4 is 9.88 Å². The number of hydrogen-bond acceptors (Lipinski definition) is 6. The average Bonchev–Trinajstić information content (AvgIpc) is 3.03. The Balaban J connectivity index is 1.52. The number of unbranched alkanes of at least 4 members (excludes halogenated alkanes) is 15. The highest BCUT2D eigenvalue weighted by molar-refractivity contribution is 5.90. The fourth-order valence-electron chi connectivity index (χ4n) is 6.27. The SMILES string of the molecule is CCCCCCCCCCCCCCCCCCNC(=O)OC[C@H]1C[C@H](COC(=O)N(Cc2cccc[n+]2CC)C(C)=O)N1C(C)=O. The van der Waals surface area contributed by atoms with Gasteiger partial charge >= 0.3 is 12.2 Å². The zero-order valence-electron chi connectivity index (χ0n) is 29.8. The van der Waals surface area contributed by atoms with Crippen molar-refractivity contribution >= 4 is 24.0 Å². The molecule has 10 heteroatoms. The van der Waals surface area contributed by atoms with Crippen molar-refractivity contribution in [1.29, 1.82) is 0 Å². The number of nitrogens with one attached hydrogen (secondary N) is 1. The van der Waals surface area contributed by atoms with E-state index >= 15 is 0 Å². The van der Waals surface area contributed by atoms with E-state index in [0.29, 0.717) is 19.5 Å². The molecule has 2 atom stereocenters. The maximum absolute atomic E-state index is 12.8. The molecular weight excluding hydrogens is 596 g/mol. The van der Waals surface area contributed by atoms with Gasteiger partial charge in [-0.1, -0.05) is 109 Å². The van der Waals surface area contributed by atoms with Crippen LogP contribution in [0.3, 0.4) is 0 Å². The largest absolute Gasteiger partial charge is 0.447 e. The van der Waals surface area contributed by atoms with Crippen LogP contribution in [0.4, 0.5) is 9.59 Å². The van der Waals surface area contributed by atoms with Crippen molar-refractivity contribution in [3.05, 3.63) is 30.1 Å². The molecule has 0 radical (unpaired) electrons. The zero-order chi connectivity index (χ0) is 34.3. The first-order valence-electron chi connectivity index (χ1n) is 18.4. The third-order valence-electron chi connectivity index (χ3n) is 9.10. The Morgan fingerprint density at radius 3 is 1.83 bits per heavy atom. The molecule has 266 valence electrons. The topological polar surface area (TPSA) is 109 Å². The van der Waals surface area contributed by atoms with E-state index in [4.69, 9.17) is 9.47 Å². The minimum Gasteiger partial charge on any atom is -0.447 e. The van der Waals surface area contributed by atoms with Crippen LogP contribution in [0.2, 0.25) is 0 Å². The van der Waals surface area contributed by atoms with Gasteiger partial charge in [0.2, 0.25) is 17.5 Å². The fourth-order valence-corrected chi connectivity index (χ4v) is 6.27. The number of likely N-dealkylation sites (tertiary alicyclic amines) is 1. The fraction of sp³-hybridized carbons (Fsp3) is 0.757. The molecule has 0 aromatic carbocycles. The van der Waals surface area contributed by atoms with Gasteiger partial charge in [-0.15, -0.1) is 0 Å². The second-order valence-corrected chi connectivity index (χ2v) is 13.0. The van der Waals surface area contributed by atoms with E-state index in [9.17, 15) is 19.2 Å². The Hall–Kier alpha value is -3.17. The average molecular weight is 660 g/mol. The number of hydrogen-bond donors (Lipinski definition) is 1. The Morgan fingerprint density at radius 2 is 1.32 bits per heavy atom. The number of alkyl carbamates (subject to hydrolysis) is 1. The maximum atomic E-state index is 12.8. The summed E-state index contributed by atoms with van der Waals surface area (Å²) in [6, 6.07) is 5.01. The Morgan fingerprint density at radius 1 is 0.787 bits per heavy atom. The van der Waals surface area contributed by atoms with Crippen LogP contribution >= 0.6 is 0 Å². The van der Waals surface area contributed by atoms with Crippen LogP contribution in [0.1, 0.15) is 143 Å². The van der Waals surface area contributed by atoms with Crippen molar-refractivity contribution in [3.63, 3.8) is 0 Å². The van der Waals surface area contributed by atoms with Gasteiger partial charge in [0.05, 0.1) is 12.1 Å². The van der Waals surface area contributed by atoms with Gasteiger partial charge in [0.15, 0.2) is 6.20 Å². The monoisotopic (exact) mass is 659 g/mol. The molecule has 1 aromatic rings. The molecule has 0 unspecified atom stereocenters. The molecule has 2 rings (SSSR count). The van der Waals surface area contributed by atoms with E-state index in [1.807, 2.05) is 35.9 Å². The predicted molar refractivity (Wildman–Crippen MR) is 183 cm³/mol. The van der Waals surface area contributed by atoms with Crippen molar-refractivity contribution in [3.8, 4) is 0 Å². The summed E-state index contributed by atoms with van der Waals surface area (Å²) in [5, 5.41) is 2.81. The van der Waals surface area contributed by atoms with Crippen molar-refractivity contribution in [2.45, 2.75) is 162 Å². The van der Waals surface area contributed by atoms with E-state index in [0.717, 1.165) is 23.4 Å². The van der Waals surface area contributed by atoms with E-state index in [1.54, 1.807) is 4.90 Å². The molecule has 47 heavy (non-hydrogen) atoms. The number of amides is 4. The molecule has 2 heterocycles. The molecule has 0 saturated carbocycles. The molecule has 1 saturated heterocycles. The summed E-state index contributed by atoms with van der Waals surface area (Å²) < 4.78 is 12.8. The third-order valence-corrected chi connectivity index (χ3v) is 9.10. The molecule has 1 aromatic heterocycles. The Kier molecular flexibility index (Phi) is 20.5. The normalized spacial score (nSPS) is 15.5. The number of ether oxygens (including phenoxy) is 2. The molecule has 0 spiro atoms. The van der Waals surface area contributed by atoms with Crippen molar-refractivity contribution < 1.29 is 33.2 Å². The smallest absolute Gasteiger partial charge is 0.417 e. The Bertz CT molecular complexity index is 1070. The second kappa shape index (κ2) is 24.0. The number of rotatable bonds is 24. The number of carbonyl (C=O) groups is 4. The summed E-state index contributed by atoms with van der Waals surface area (Å²) in [5.74, 6) is -0.605. The van der Waals surface area contributed by atoms with Crippen LogP contribution in [0.15, 0.2) is 24.4 Å². The van der Waals surface area contributed by atoms with Crippen molar-refractivity contribution in [2.75, 3.05) is 19.8 Å². The highest BCUT2D eigenvalue weighted by Gasteiger charge is 2.42. The summed E-state index contributed by atoms with van der Waals surface area (Å²) in [6.07, 6.45) is 22.1. The molecule has 10 nitrogen and oxygen atoms in total. The first-order chi connectivity index (χ1) is 22.8. The lowest BCUT2D eigenvalue weighted by molar-refractivity contribution is -0.701. The van der Waals surface area contributed by atoms with Gasteiger partial charge in [-0.3, -0.25) is 9.59 Å². The minimum absolute atomic E-state index is 0.0350. The number of carbonyl (C=O) groups excluding carboxylic acids is 4. The van der Waals surface area contributed by atoms with E-state index in [-0.39, 0.29) is 37.7 Å². The molecule has 0 bridgehead atoms. The van der Waals surface area contributed by atoms with Gasteiger partial charge < -0.3 is 19.7 Å². The lowest BCUT2D eigenvalue weighted by Crippen LogP contribution is -2.62. The first kappa shape index (κ1) is 40.0. The molecule has 1 aliphatic heterocycles. The van der Waals surface area contributed by atoms with Gasteiger partial charge in [-0.25, -0.2) is 19.1 Å². The van der Waals surface area contributed by atoms with E-state index in [1.165, 1.54) is 104 Å². The van der Waals surface area contributed by atoms with Crippen LogP contribution in [-0.4, -0.2) is 65.6 Å². The van der Waals surface area contributed by atoms with Crippen LogP contribution in [0.25, 0.3) is 0 Å². The number of pyridine rings is 1. The van der Waals surface area contributed by atoms with Crippen molar-refractivity contribution in [1.82, 2.24) is 15.1 Å². The third kappa shape index (κ3) is 16.0.